The number of hydrogen-bond donors (Lipinski definition) is 1. The van der Waals surface area contributed by atoms with Gasteiger partial charge in [-0.1, -0.05) is 48.2 Å². The molecule has 0 saturated carbocycles. The normalized spacial score (nSPS) is 12.2. The smallest absolute Gasteiger partial charge is 0.0435 e. The van der Waals surface area contributed by atoms with E-state index in [0.717, 1.165) is 6.42 Å². The lowest BCUT2D eigenvalue weighted by Crippen LogP contribution is -2.00. The quantitative estimate of drug-likeness (QED) is 0.561. The van der Waals surface area contributed by atoms with Gasteiger partial charge in [-0.15, -0.1) is 11.3 Å². The maximum atomic E-state index is 5.74. The number of fused-ring (bicyclic) bond motifs is 5. The van der Waals surface area contributed by atoms with Gasteiger partial charge in [0.1, 0.15) is 0 Å². The molecule has 2 heterocycles. The van der Waals surface area contributed by atoms with Gasteiger partial charge < -0.3 is 5.73 Å². The first kappa shape index (κ1) is 13.1. The van der Waals surface area contributed by atoms with Crippen molar-refractivity contribution in [3.05, 3.63) is 59.5 Å². The molecule has 4 rings (SSSR count). The Hall–Kier alpha value is -1.55. The maximum Gasteiger partial charge on any atom is 0.0435 e. The molecule has 0 spiro atoms. The predicted molar refractivity (Wildman–Crippen MR) is 92.1 cm³/mol. The molecule has 1 nitrogen and oxygen atoms in total. The van der Waals surface area contributed by atoms with Crippen molar-refractivity contribution in [2.24, 2.45) is 5.73 Å². The lowest BCUT2D eigenvalue weighted by atomic mass is 10.0. The van der Waals surface area contributed by atoms with Crippen LogP contribution in [0.3, 0.4) is 0 Å². The Kier molecular flexibility index (Phi) is 3.34. The molecule has 3 heteroatoms. The van der Waals surface area contributed by atoms with Crippen LogP contribution >= 0.6 is 23.1 Å². The minimum Gasteiger partial charge on any atom is -0.330 e. The van der Waals surface area contributed by atoms with Crippen molar-refractivity contribution >= 4 is 23.1 Å². The van der Waals surface area contributed by atoms with Gasteiger partial charge in [0.15, 0.2) is 0 Å². The van der Waals surface area contributed by atoms with E-state index in [1.807, 2.05) is 23.1 Å². The maximum absolute atomic E-state index is 5.74. The second-order valence-electron chi connectivity index (χ2n) is 5.09. The zero-order valence-electron chi connectivity index (χ0n) is 11.5. The van der Waals surface area contributed by atoms with Crippen LogP contribution in [0, 0.1) is 0 Å². The average molecular weight is 309 g/mol. The Morgan fingerprint density at radius 2 is 1.48 bits per heavy atom. The van der Waals surface area contributed by atoms with Gasteiger partial charge in [-0.3, -0.25) is 0 Å². The van der Waals surface area contributed by atoms with Gasteiger partial charge in [0.25, 0.3) is 0 Å². The van der Waals surface area contributed by atoms with Crippen molar-refractivity contribution < 1.29 is 0 Å². The minimum absolute atomic E-state index is 0.706. The third kappa shape index (κ3) is 2.22. The zero-order chi connectivity index (χ0) is 14.2. The Morgan fingerprint density at radius 3 is 2.24 bits per heavy atom. The highest BCUT2D eigenvalue weighted by Crippen LogP contribution is 2.50. The van der Waals surface area contributed by atoms with Crippen molar-refractivity contribution in [2.45, 2.75) is 16.2 Å². The van der Waals surface area contributed by atoms with Gasteiger partial charge in [0, 0.05) is 30.7 Å². The number of thiophene rings is 1. The van der Waals surface area contributed by atoms with E-state index in [-0.39, 0.29) is 0 Å². The van der Waals surface area contributed by atoms with E-state index < -0.39 is 0 Å². The standard InChI is InChI=1S/C18H15NS2/c19-10-9-12-11-15-13-5-1-3-7-16(13)21-17-8-4-2-6-14(17)18(15)20-12/h1-8,11H,9-10,19H2. The molecule has 3 aromatic rings. The molecule has 0 bridgehead atoms. The summed E-state index contributed by atoms with van der Waals surface area (Å²) in [5.41, 5.74) is 9.79. The third-order valence-corrected chi connectivity index (χ3v) is 6.08. The molecular weight excluding hydrogens is 294 g/mol. The first-order valence-corrected chi connectivity index (χ1v) is 8.69. The molecule has 1 aromatic heterocycles. The van der Waals surface area contributed by atoms with E-state index >= 15 is 0 Å². The van der Waals surface area contributed by atoms with E-state index in [0.29, 0.717) is 6.54 Å². The Morgan fingerprint density at radius 1 is 0.810 bits per heavy atom. The summed E-state index contributed by atoms with van der Waals surface area (Å²) >= 11 is 3.75. The fourth-order valence-electron chi connectivity index (χ4n) is 2.75. The summed E-state index contributed by atoms with van der Waals surface area (Å²) in [5.74, 6) is 0. The second kappa shape index (κ2) is 5.34. The van der Waals surface area contributed by atoms with Gasteiger partial charge in [-0.05, 0) is 36.7 Å². The van der Waals surface area contributed by atoms with E-state index in [2.05, 4.69) is 54.6 Å². The largest absolute Gasteiger partial charge is 0.330 e. The summed E-state index contributed by atoms with van der Waals surface area (Å²) in [6.07, 6.45) is 0.954. The fourth-order valence-corrected chi connectivity index (χ4v) is 5.14. The van der Waals surface area contributed by atoms with Crippen LogP contribution in [0.5, 0.6) is 0 Å². The van der Waals surface area contributed by atoms with Gasteiger partial charge >= 0.3 is 0 Å². The molecule has 0 fully saturated rings. The fraction of sp³-hybridized carbons (Fsp3) is 0.111. The van der Waals surface area contributed by atoms with Gasteiger partial charge in [0.2, 0.25) is 0 Å². The molecule has 104 valence electrons. The van der Waals surface area contributed by atoms with E-state index in [1.54, 1.807) is 0 Å². The Balaban J connectivity index is 2.02. The number of hydrogen-bond acceptors (Lipinski definition) is 3. The molecule has 0 aliphatic carbocycles. The first-order chi connectivity index (χ1) is 10.4. The van der Waals surface area contributed by atoms with E-state index in [4.69, 9.17) is 5.73 Å². The minimum atomic E-state index is 0.706. The SMILES string of the molecule is NCCc1cc2c(s1)-c1ccccc1Sc1ccccc1-2. The number of benzene rings is 2. The average Bonchev–Trinajstić information content (AvgIpc) is 2.87. The molecule has 0 saturated heterocycles. The van der Waals surface area contributed by atoms with Crippen LogP contribution in [0.15, 0.2) is 64.4 Å². The highest BCUT2D eigenvalue weighted by Gasteiger charge is 2.21. The van der Waals surface area contributed by atoms with Crippen LogP contribution in [0.1, 0.15) is 4.88 Å². The molecule has 1 aliphatic heterocycles. The predicted octanol–water partition coefficient (Wildman–Crippen LogP) is 5.05. The molecule has 2 N–H and O–H groups in total. The van der Waals surface area contributed by atoms with Gasteiger partial charge in [-0.25, -0.2) is 0 Å². The van der Waals surface area contributed by atoms with Crippen molar-refractivity contribution in [2.75, 3.05) is 6.54 Å². The molecule has 1 aliphatic rings. The van der Waals surface area contributed by atoms with Crippen LogP contribution < -0.4 is 5.73 Å². The van der Waals surface area contributed by atoms with Crippen molar-refractivity contribution in [3.63, 3.8) is 0 Å². The molecule has 0 amide bonds. The van der Waals surface area contributed by atoms with Crippen molar-refractivity contribution in [1.82, 2.24) is 0 Å². The molecule has 0 radical (unpaired) electrons. The van der Waals surface area contributed by atoms with Gasteiger partial charge in [-0.2, -0.15) is 0 Å². The third-order valence-electron chi connectivity index (χ3n) is 3.70. The second-order valence-corrected chi connectivity index (χ2v) is 7.31. The van der Waals surface area contributed by atoms with Crippen LogP contribution in [0.25, 0.3) is 21.6 Å². The molecule has 2 aromatic carbocycles. The summed E-state index contributed by atoms with van der Waals surface area (Å²) in [6.45, 7) is 0.706. The summed E-state index contributed by atoms with van der Waals surface area (Å²) < 4.78 is 0. The highest BCUT2D eigenvalue weighted by molar-refractivity contribution is 7.99. The monoisotopic (exact) mass is 309 g/mol. The molecule has 0 atom stereocenters. The van der Waals surface area contributed by atoms with E-state index in [1.165, 1.54) is 36.2 Å². The summed E-state index contributed by atoms with van der Waals surface area (Å²) in [7, 11) is 0. The van der Waals surface area contributed by atoms with Crippen LogP contribution in [-0.4, -0.2) is 6.54 Å². The summed E-state index contributed by atoms with van der Waals surface area (Å²) in [6, 6.07) is 19.7. The Bertz CT molecular complexity index is 741. The Labute approximate surface area is 132 Å². The van der Waals surface area contributed by atoms with Crippen molar-refractivity contribution in [3.8, 4) is 21.6 Å². The topological polar surface area (TPSA) is 26.0 Å². The van der Waals surface area contributed by atoms with Crippen molar-refractivity contribution in [1.29, 1.82) is 0 Å². The summed E-state index contributed by atoms with van der Waals surface area (Å²) in [4.78, 5) is 5.43. The van der Waals surface area contributed by atoms with Crippen LogP contribution in [0.4, 0.5) is 0 Å². The lowest BCUT2D eigenvalue weighted by molar-refractivity contribution is 0.989. The van der Waals surface area contributed by atoms with Crippen LogP contribution in [0.2, 0.25) is 0 Å². The first-order valence-electron chi connectivity index (χ1n) is 7.06. The molecule has 0 unspecified atom stereocenters. The summed E-state index contributed by atoms with van der Waals surface area (Å²) in [5, 5.41) is 0. The molecular formula is C18H15NS2. The molecule has 21 heavy (non-hydrogen) atoms. The van der Waals surface area contributed by atoms with E-state index in [9.17, 15) is 0 Å². The highest BCUT2D eigenvalue weighted by atomic mass is 32.2. The van der Waals surface area contributed by atoms with Gasteiger partial charge in [0.05, 0.1) is 0 Å². The lowest BCUT2D eigenvalue weighted by Gasteiger charge is -2.05. The van der Waals surface area contributed by atoms with Crippen LogP contribution in [-0.2, 0) is 6.42 Å². The number of nitrogens with two attached hydrogens (primary N) is 1. The number of rotatable bonds is 2. The zero-order valence-corrected chi connectivity index (χ0v) is 13.1.